The summed E-state index contributed by atoms with van der Waals surface area (Å²) in [5.41, 5.74) is 7.93. The second kappa shape index (κ2) is 6.68. The smallest absolute Gasteiger partial charge is 0.234 e. The Bertz CT molecular complexity index is 631. The Balaban J connectivity index is 1.92. The van der Waals surface area contributed by atoms with Crippen LogP contribution in [0.25, 0.3) is 0 Å². The Morgan fingerprint density at radius 3 is 2.80 bits per heavy atom. The molecule has 0 heterocycles. The zero-order valence-corrected chi connectivity index (χ0v) is 12.6. The van der Waals surface area contributed by atoms with Gasteiger partial charge in [0.15, 0.2) is 0 Å². The summed E-state index contributed by atoms with van der Waals surface area (Å²) in [7, 11) is 0. The molecular formula is C15H15ClN2OS. The van der Waals surface area contributed by atoms with Gasteiger partial charge in [0.05, 0.1) is 16.5 Å². The topological polar surface area (TPSA) is 55.1 Å². The van der Waals surface area contributed by atoms with Crippen molar-refractivity contribution in [1.29, 1.82) is 0 Å². The molecular weight excluding hydrogens is 292 g/mol. The summed E-state index contributed by atoms with van der Waals surface area (Å²) >= 11 is 7.50. The first-order chi connectivity index (χ1) is 9.54. The number of thioether (sulfide) groups is 1. The average molecular weight is 307 g/mol. The Labute approximate surface area is 127 Å². The molecule has 2 rings (SSSR count). The molecule has 0 radical (unpaired) electrons. The number of carbonyl (C=O) groups is 1. The molecule has 0 unspecified atom stereocenters. The summed E-state index contributed by atoms with van der Waals surface area (Å²) in [6.07, 6.45) is 0. The molecule has 0 saturated heterocycles. The third-order valence-electron chi connectivity index (χ3n) is 2.63. The quantitative estimate of drug-likeness (QED) is 0.664. The summed E-state index contributed by atoms with van der Waals surface area (Å²) in [6.45, 7) is 2.03. The van der Waals surface area contributed by atoms with Crippen LogP contribution in [0.5, 0.6) is 0 Å². The molecule has 0 aromatic heterocycles. The molecule has 0 aliphatic carbocycles. The van der Waals surface area contributed by atoms with E-state index < -0.39 is 0 Å². The minimum atomic E-state index is -0.0943. The van der Waals surface area contributed by atoms with Crippen molar-refractivity contribution in [2.45, 2.75) is 11.8 Å². The third kappa shape index (κ3) is 4.18. The molecule has 0 aliphatic rings. The van der Waals surface area contributed by atoms with Crippen molar-refractivity contribution in [2.75, 3.05) is 16.8 Å². The Morgan fingerprint density at radius 2 is 2.10 bits per heavy atom. The van der Waals surface area contributed by atoms with Gasteiger partial charge < -0.3 is 11.1 Å². The van der Waals surface area contributed by atoms with Gasteiger partial charge in [-0.2, -0.15) is 0 Å². The lowest BCUT2D eigenvalue weighted by molar-refractivity contribution is -0.113. The molecule has 3 nitrogen and oxygen atoms in total. The van der Waals surface area contributed by atoms with Crippen molar-refractivity contribution in [1.82, 2.24) is 0 Å². The highest BCUT2D eigenvalue weighted by Crippen LogP contribution is 2.25. The molecule has 0 saturated carbocycles. The van der Waals surface area contributed by atoms with Crippen LogP contribution in [0.4, 0.5) is 11.4 Å². The number of rotatable bonds is 4. The monoisotopic (exact) mass is 306 g/mol. The molecule has 2 aromatic carbocycles. The maximum Gasteiger partial charge on any atom is 0.234 e. The van der Waals surface area contributed by atoms with Crippen LogP contribution >= 0.6 is 23.4 Å². The second-order valence-corrected chi connectivity index (χ2v) is 5.85. The highest BCUT2D eigenvalue weighted by atomic mass is 35.5. The normalized spacial score (nSPS) is 10.3. The number of benzene rings is 2. The van der Waals surface area contributed by atoms with Crippen LogP contribution in [-0.2, 0) is 4.79 Å². The lowest BCUT2D eigenvalue weighted by atomic mass is 10.2. The van der Waals surface area contributed by atoms with Gasteiger partial charge in [-0.3, -0.25) is 4.79 Å². The first-order valence-corrected chi connectivity index (χ1v) is 7.45. The number of carbonyl (C=O) groups excluding carboxylic acids is 1. The van der Waals surface area contributed by atoms with Crippen LogP contribution in [0.3, 0.4) is 0 Å². The third-order valence-corrected chi connectivity index (χ3v) is 3.93. The number of nitrogens with two attached hydrogens (primary N) is 1. The molecule has 3 N–H and O–H groups in total. The fourth-order valence-electron chi connectivity index (χ4n) is 1.67. The largest absolute Gasteiger partial charge is 0.399 e. The fourth-order valence-corrected chi connectivity index (χ4v) is 2.72. The standard InChI is InChI=1S/C15H15ClN2OS/c1-10-3-2-4-12(7-10)20-9-15(19)18-14-6-5-11(17)8-13(14)16/h2-8H,9,17H2,1H3,(H,18,19). The van der Waals surface area contributed by atoms with E-state index in [-0.39, 0.29) is 5.91 Å². The van der Waals surface area contributed by atoms with E-state index >= 15 is 0 Å². The zero-order chi connectivity index (χ0) is 14.5. The van der Waals surface area contributed by atoms with Crippen LogP contribution in [0.15, 0.2) is 47.4 Å². The van der Waals surface area contributed by atoms with E-state index in [2.05, 4.69) is 5.32 Å². The number of amides is 1. The number of nitrogen functional groups attached to an aromatic ring is 1. The van der Waals surface area contributed by atoms with Gasteiger partial charge in [0.2, 0.25) is 5.91 Å². The molecule has 0 spiro atoms. The Hall–Kier alpha value is -1.65. The van der Waals surface area contributed by atoms with Gasteiger partial charge in [0.25, 0.3) is 0 Å². The van der Waals surface area contributed by atoms with Gasteiger partial charge >= 0.3 is 0 Å². The number of anilines is 2. The molecule has 1 amide bonds. The molecule has 20 heavy (non-hydrogen) atoms. The highest BCUT2D eigenvalue weighted by molar-refractivity contribution is 8.00. The Morgan fingerprint density at radius 1 is 1.30 bits per heavy atom. The molecule has 2 aromatic rings. The molecule has 0 fully saturated rings. The van der Waals surface area contributed by atoms with E-state index in [0.717, 1.165) is 4.90 Å². The van der Waals surface area contributed by atoms with Gasteiger partial charge in [0.1, 0.15) is 0 Å². The first kappa shape index (κ1) is 14.8. The van der Waals surface area contributed by atoms with E-state index in [4.69, 9.17) is 17.3 Å². The zero-order valence-electron chi connectivity index (χ0n) is 11.0. The second-order valence-electron chi connectivity index (χ2n) is 4.39. The highest BCUT2D eigenvalue weighted by Gasteiger charge is 2.07. The maximum absolute atomic E-state index is 11.9. The summed E-state index contributed by atoms with van der Waals surface area (Å²) in [5.74, 6) is 0.243. The number of halogens is 1. The molecule has 5 heteroatoms. The molecule has 0 atom stereocenters. The first-order valence-electron chi connectivity index (χ1n) is 6.09. The predicted octanol–water partition coefficient (Wildman–Crippen LogP) is 3.96. The summed E-state index contributed by atoms with van der Waals surface area (Å²) < 4.78 is 0. The van der Waals surface area contributed by atoms with Crippen LogP contribution in [0.1, 0.15) is 5.56 Å². The van der Waals surface area contributed by atoms with Crippen LogP contribution in [-0.4, -0.2) is 11.7 Å². The SMILES string of the molecule is Cc1cccc(SCC(=O)Nc2ccc(N)cc2Cl)c1. The van der Waals surface area contributed by atoms with Crippen molar-refractivity contribution in [3.05, 3.63) is 53.1 Å². The Kier molecular flexibility index (Phi) is 4.93. The molecule has 0 aliphatic heterocycles. The van der Waals surface area contributed by atoms with Crippen molar-refractivity contribution < 1.29 is 4.79 Å². The van der Waals surface area contributed by atoms with Gasteiger partial charge in [-0.15, -0.1) is 11.8 Å². The van der Waals surface area contributed by atoms with E-state index in [1.807, 2.05) is 31.2 Å². The van der Waals surface area contributed by atoms with Crippen LogP contribution in [0, 0.1) is 6.92 Å². The van der Waals surface area contributed by atoms with E-state index in [1.54, 1.807) is 18.2 Å². The van der Waals surface area contributed by atoms with Crippen molar-refractivity contribution in [3.8, 4) is 0 Å². The van der Waals surface area contributed by atoms with Crippen LogP contribution in [0.2, 0.25) is 5.02 Å². The molecule has 0 bridgehead atoms. The predicted molar refractivity (Wildman–Crippen MR) is 86.4 cm³/mol. The van der Waals surface area contributed by atoms with Crippen LogP contribution < -0.4 is 11.1 Å². The fraction of sp³-hybridized carbons (Fsp3) is 0.133. The van der Waals surface area contributed by atoms with E-state index in [0.29, 0.717) is 22.2 Å². The number of nitrogens with one attached hydrogen (secondary N) is 1. The summed E-state index contributed by atoms with van der Waals surface area (Å²) in [4.78, 5) is 13.0. The number of hydrogen-bond acceptors (Lipinski definition) is 3. The van der Waals surface area contributed by atoms with Gasteiger partial charge in [-0.05, 0) is 37.3 Å². The summed E-state index contributed by atoms with van der Waals surface area (Å²) in [6, 6.07) is 13.1. The van der Waals surface area contributed by atoms with Crippen molar-refractivity contribution in [3.63, 3.8) is 0 Å². The van der Waals surface area contributed by atoms with Crippen molar-refractivity contribution in [2.24, 2.45) is 0 Å². The van der Waals surface area contributed by atoms with Gasteiger partial charge in [-0.25, -0.2) is 0 Å². The van der Waals surface area contributed by atoms with E-state index in [9.17, 15) is 4.79 Å². The van der Waals surface area contributed by atoms with Crippen molar-refractivity contribution >= 4 is 40.6 Å². The van der Waals surface area contributed by atoms with E-state index in [1.165, 1.54) is 17.3 Å². The minimum absolute atomic E-state index is 0.0943. The molecule has 104 valence electrons. The lowest BCUT2D eigenvalue weighted by Crippen LogP contribution is -2.14. The summed E-state index contributed by atoms with van der Waals surface area (Å²) in [5, 5.41) is 3.22. The maximum atomic E-state index is 11.9. The number of aryl methyl sites for hydroxylation is 1. The minimum Gasteiger partial charge on any atom is -0.399 e. The average Bonchev–Trinajstić information content (AvgIpc) is 2.40. The number of hydrogen-bond donors (Lipinski definition) is 2. The lowest BCUT2D eigenvalue weighted by Gasteiger charge is -2.08. The van der Waals surface area contributed by atoms with Gasteiger partial charge in [-0.1, -0.05) is 29.3 Å². The van der Waals surface area contributed by atoms with Gasteiger partial charge in [0, 0.05) is 10.6 Å².